The first-order chi connectivity index (χ1) is 10.7. The Kier molecular flexibility index (Phi) is 3.20. The van der Waals surface area contributed by atoms with Crippen LogP contribution in [-0.4, -0.2) is 16.9 Å². The fourth-order valence-corrected chi connectivity index (χ4v) is 6.39. The number of alkyl halides is 2. The Hall–Kier alpha value is -0.730. The molecule has 5 atom stereocenters. The van der Waals surface area contributed by atoms with Crippen molar-refractivity contribution in [3.05, 3.63) is 35.9 Å². The summed E-state index contributed by atoms with van der Waals surface area (Å²) in [6.07, 6.45) is 1.05. The molecular weight excluding hydrogens is 331 g/mol. The summed E-state index contributed by atoms with van der Waals surface area (Å²) in [4.78, 5) is 12.2. The van der Waals surface area contributed by atoms with E-state index in [4.69, 9.17) is 27.9 Å². The molecule has 0 spiro atoms. The van der Waals surface area contributed by atoms with E-state index in [0.717, 1.165) is 6.42 Å². The van der Waals surface area contributed by atoms with E-state index in [1.54, 1.807) is 12.1 Å². The van der Waals surface area contributed by atoms with Crippen LogP contribution in [0.1, 0.15) is 37.6 Å². The van der Waals surface area contributed by atoms with Crippen LogP contribution in [0, 0.1) is 34.5 Å². The summed E-state index contributed by atoms with van der Waals surface area (Å²) >= 11 is 13.3. The third kappa shape index (κ3) is 1.97. The van der Waals surface area contributed by atoms with E-state index in [1.807, 2.05) is 18.2 Å². The largest absolute Gasteiger partial charge is 0.462 e. The Bertz CT molecular complexity index is 655. The fourth-order valence-electron chi connectivity index (χ4n) is 5.23. The molecule has 23 heavy (non-hydrogen) atoms. The predicted octanol–water partition coefficient (Wildman–Crippen LogP) is 4.95. The molecule has 0 amide bonds. The van der Waals surface area contributed by atoms with Crippen LogP contribution in [0.25, 0.3) is 0 Å². The Morgan fingerprint density at radius 3 is 2.52 bits per heavy atom. The van der Waals surface area contributed by atoms with Crippen LogP contribution in [0.3, 0.4) is 0 Å². The third-order valence-electron chi connectivity index (χ3n) is 6.98. The van der Waals surface area contributed by atoms with Gasteiger partial charge in [-0.1, -0.05) is 39.0 Å². The monoisotopic (exact) mass is 352 g/mol. The maximum absolute atomic E-state index is 12.2. The quantitative estimate of drug-likeness (QED) is 0.568. The van der Waals surface area contributed by atoms with Crippen LogP contribution in [0.15, 0.2) is 30.3 Å². The number of halogens is 2. The summed E-state index contributed by atoms with van der Waals surface area (Å²) in [5, 5.41) is 0. The standard InChI is InChI=1S/C19H22Cl2O2/c1-17(2)13-9-12(18(3)15(14(13)17)19(18,20)21)10-23-16(22)11-7-5-4-6-8-11/h4-8,12-15H,9-10H2,1-3H3. The van der Waals surface area contributed by atoms with E-state index in [1.165, 1.54) is 0 Å². The first-order valence-electron chi connectivity index (χ1n) is 8.32. The van der Waals surface area contributed by atoms with Crippen molar-refractivity contribution in [2.24, 2.45) is 34.5 Å². The van der Waals surface area contributed by atoms with Crippen LogP contribution in [-0.2, 0) is 4.74 Å². The average molecular weight is 353 g/mol. The number of hydrogen-bond acceptors (Lipinski definition) is 2. The lowest BCUT2D eigenvalue weighted by molar-refractivity contribution is 0.0322. The van der Waals surface area contributed by atoms with Crippen LogP contribution >= 0.6 is 23.2 Å². The van der Waals surface area contributed by atoms with Gasteiger partial charge in [0.25, 0.3) is 0 Å². The summed E-state index contributed by atoms with van der Waals surface area (Å²) in [5.74, 6) is 1.56. The molecule has 0 N–H and O–H groups in total. The molecule has 1 aromatic rings. The van der Waals surface area contributed by atoms with Gasteiger partial charge in [-0.3, -0.25) is 0 Å². The minimum atomic E-state index is -0.677. The Labute approximate surface area is 147 Å². The number of ether oxygens (including phenoxy) is 1. The molecular formula is C19H22Cl2O2. The van der Waals surface area contributed by atoms with E-state index in [2.05, 4.69) is 20.8 Å². The number of rotatable bonds is 3. The van der Waals surface area contributed by atoms with E-state index < -0.39 is 4.33 Å². The van der Waals surface area contributed by atoms with Crippen LogP contribution < -0.4 is 0 Å². The molecule has 0 bridgehead atoms. The summed E-state index contributed by atoms with van der Waals surface area (Å²) in [6, 6.07) is 9.12. The first kappa shape index (κ1) is 15.8. The van der Waals surface area contributed by atoms with Gasteiger partial charge in [-0.25, -0.2) is 4.79 Å². The average Bonchev–Trinajstić information content (AvgIpc) is 3.23. The molecule has 124 valence electrons. The Morgan fingerprint density at radius 1 is 1.22 bits per heavy atom. The van der Waals surface area contributed by atoms with Gasteiger partial charge in [0, 0.05) is 17.3 Å². The Morgan fingerprint density at radius 2 is 1.87 bits per heavy atom. The van der Waals surface area contributed by atoms with Crippen LogP contribution in [0.2, 0.25) is 0 Å². The van der Waals surface area contributed by atoms with Gasteiger partial charge < -0.3 is 4.74 Å². The molecule has 3 aliphatic rings. The van der Waals surface area contributed by atoms with Crippen molar-refractivity contribution < 1.29 is 9.53 Å². The SMILES string of the molecule is CC1(C)C2CC(COC(=O)c3ccccc3)C3(C)C(C21)C3(Cl)Cl. The molecule has 3 saturated carbocycles. The molecule has 4 heteroatoms. The van der Waals surface area contributed by atoms with E-state index in [-0.39, 0.29) is 17.3 Å². The first-order valence-corrected chi connectivity index (χ1v) is 9.08. The van der Waals surface area contributed by atoms with Crippen molar-refractivity contribution in [2.45, 2.75) is 31.5 Å². The third-order valence-corrected chi connectivity index (χ3v) is 8.27. The number of carbonyl (C=O) groups excluding carboxylic acids is 1. The molecule has 3 fully saturated rings. The van der Waals surface area contributed by atoms with Gasteiger partial charge in [0.15, 0.2) is 0 Å². The molecule has 4 rings (SSSR count). The number of hydrogen-bond donors (Lipinski definition) is 0. The minimum Gasteiger partial charge on any atom is -0.462 e. The second-order valence-corrected chi connectivity index (χ2v) is 9.62. The molecule has 0 radical (unpaired) electrons. The van der Waals surface area contributed by atoms with Crippen LogP contribution in [0.4, 0.5) is 0 Å². The predicted molar refractivity (Wildman–Crippen MR) is 91.6 cm³/mol. The topological polar surface area (TPSA) is 26.3 Å². The Balaban J connectivity index is 1.49. The van der Waals surface area contributed by atoms with E-state index in [9.17, 15) is 4.79 Å². The molecule has 1 aromatic carbocycles. The zero-order valence-electron chi connectivity index (χ0n) is 13.7. The molecule has 0 aliphatic heterocycles. The van der Waals surface area contributed by atoms with Crippen LogP contribution in [0.5, 0.6) is 0 Å². The summed E-state index contributed by atoms with van der Waals surface area (Å²) in [6.45, 7) is 7.19. The molecule has 0 saturated heterocycles. The van der Waals surface area contributed by atoms with Gasteiger partial charge in [0.1, 0.15) is 4.33 Å². The maximum Gasteiger partial charge on any atom is 0.338 e. The van der Waals surface area contributed by atoms with Gasteiger partial charge >= 0.3 is 5.97 Å². The van der Waals surface area contributed by atoms with Gasteiger partial charge in [0.05, 0.1) is 12.2 Å². The zero-order chi connectivity index (χ0) is 16.6. The lowest BCUT2D eigenvalue weighted by Gasteiger charge is -2.28. The van der Waals surface area contributed by atoms with Crippen molar-refractivity contribution >= 4 is 29.2 Å². The summed E-state index contributed by atoms with van der Waals surface area (Å²) < 4.78 is 4.93. The molecule has 0 aromatic heterocycles. The second-order valence-electron chi connectivity index (χ2n) is 8.23. The number of fused-ring (bicyclic) bond motifs is 3. The van der Waals surface area contributed by atoms with Crippen molar-refractivity contribution in [1.82, 2.24) is 0 Å². The normalized spacial score (nSPS) is 41.4. The summed E-state index contributed by atoms with van der Waals surface area (Å²) in [7, 11) is 0. The zero-order valence-corrected chi connectivity index (χ0v) is 15.2. The molecule has 3 aliphatic carbocycles. The fraction of sp³-hybridized carbons (Fsp3) is 0.632. The highest BCUT2D eigenvalue weighted by molar-refractivity contribution is 6.52. The smallest absolute Gasteiger partial charge is 0.338 e. The van der Waals surface area contributed by atoms with Crippen molar-refractivity contribution in [3.8, 4) is 0 Å². The molecule has 2 nitrogen and oxygen atoms in total. The number of esters is 1. The molecule has 0 heterocycles. The van der Waals surface area contributed by atoms with Crippen molar-refractivity contribution in [1.29, 1.82) is 0 Å². The lowest BCUT2D eigenvalue weighted by atomic mass is 9.80. The van der Waals surface area contributed by atoms with Gasteiger partial charge in [-0.05, 0) is 35.8 Å². The van der Waals surface area contributed by atoms with E-state index >= 15 is 0 Å². The summed E-state index contributed by atoms with van der Waals surface area (Å²) in [5.41, 5.74) is 0.769. The highest BCUT2D eigenvalue weighted by atomic mass is 35.5. The second kappa shape index (κ2) is 4.67. The highest BCUT2D eigenvalue weighted by Gasteiger charge is 2.86. The number of benzene rings is 1. The van der Waals surface area contributed by atoms with Gasteiger partial charge in [-0.2, -0.15) is 0 Å². The van der Waals surface area contributed by atoms with E-state index in [0.29, 0.717) is 35.3 Å². The van der Waals surface area contributed by atoms with Gasteiger partial charge in [-0.15, -0.1) is 23.2 Å². The van der Waals surface area contributed by atoms with Gasteiger partial charge in [0.2, 0.25) is 0 Å². The van der Waals surface area contributed by atoms with Crippen molar-refractivity contribution in [2.75, 3.05) is 6.61 Å². The maximum atomic E-state index is 12.2. The number of carbonyl (C=O) groups is 1. The van der Waals surface area contributed by atoms with Crippen molar-refractivity contribution in [3.63, 3.8) is 0 Å². The lowest BCUT2D eigenvalue weighted by Crippen LogP contribution is -2.28. The highest BCUT2D eigenvalue weighted by Crippen LogP contribution is 2.87. The molecule has 5 unspecified atom stereocenters. The minimum absolute atomic E-state index is 0.137.